The van der Waals surface area contributed by atoms with Crippen LogP contribution < -0.4 is 0 Å². The number of allylic oxidation sites excluding steroid dienone is 2. The third-order valence-electron chi connectivity index (χ3n) is 4.13. The third-order valence-corrected chi connectivity index (χ3v) is 4.13. The number of aliphatic hydroxyl groups is 1. The van der Waals surface area contributed by atoms with E-state index < -0.39 is 0 Å². The van der Waals surface area contributed by atoms with E-state index in [4.69, 9.17) is 0 Å². The highest BCUT2D eigenvalue weighted by Crippen LogP contribution is 2.29. The lowest BCUT2D eigenvalue weighted by Crippen LogP contribution is -2.46. The average Bonchev–Trinajstić information content (AvgIpc) is 3.23. The summed E-state index contributed by atoms with van der Waals surface area (Å²) in [7, 11) is 0. The van der Waals surface area contributed by atoms with Crippen molar-refractivity contribution in [2.45, 2.75) is 31.7 Å². The van der Waals surface area contributed by atoms with E-state index in [1.54, 1.807) is 0 Å². The molecule has 0 aromatic heterocycles. The highest BCUT2D eigenvalue weighted by Gasteiger charge is 2.31. The molecule has 0 unspecified atom stereocenters. The lowest BCUT2D eigenvalue weighted by atomic mass is 10.0. The molecule has 0 spiro atoms. The maximum atomic E-state index is 9.19. The Bertz CT molecular complexity index is 336. The first-order valence-corrected chi connectivity index (χ1v) is 6.86. The van der Waals surface area contributed by atoms with Gasteiger partial charge in [0.1, 0.15) is 0 Å². The second kappa shape index (κ2) is 4.83. The van der Waals surface area contributed by atoms with Crippen LogP contribution in [0.2, 0.25) is 0 Å². The van der Waals surface area contributed by atoms with Gasteiger partial charge in [0.25, 0.3) is 0 Å². The number of hydrogen-bond acceptors (Lipinski definition) is 3. The predicted octanol–water partition coefficient (Wildman–Crippen LogP) is 1.36. The van der Waals surface area contributed by atoms with Crippen molar-refractivity contribution in [1.29, 1.82) is 0 Å². The van der Waals surface area contributed by atoms with Crippen LogP contribution in [0.25, 0.3) is 0 Å². The van der Waals surface area contributed by atoms with E-state index >= 15 is 0 Å². The minimum atomic E-state index is 0.186. The predicted molar refractivity (Wildman–Crippen MR) is 68.7 cm³/mol. The number of aliphatic hydroxyl groups excluding tert-OH is 1. The van der Waals surface area contributed by atoms with Gasteiger partial charge in [-0.1, -0.05) is 6.08 Å². The number of piperazine rings is 1. The zero-order valence-corrected chi connectivity index (χ0v) is 10.4. The van der Waals surface area contributed by atoms with E-state index in [9.17, 15) is 5.11 Å². The smallest absolute Gasteiger partial charge is 0.0679 e. The quantitative estimate of drug-likeness (QED) is 0.799. The van der Waals surface area contributed by atoms with Gasteiger partial charge in [-0.05, 0) is 37.3 Å². The van der Waals surface area contributed by atoms with Crippen LogP contribution in [0.3, 0.4) is 0 Å². The van der Waals surface area contributed by atoms with Gasteiger partial charge in [-0.15, -0.1) is 0 Å². The van der Waals surface area contributed by atoms with Crippen LogP contribution in [0.15, 0.2) is 23.4 Å². The molecular weight excluding hydrogens is 212 g/mol. The maximum absolute atomic E-state index is 9.19. The summed E-state index contributed by atoms with van der Waals surface area (Å²) in [6, 6.07) is 0.908. The molecule has 0 aromatic rings. The summed E-state index contributed by atoms with van der Waals surface area (Å²) in [6.07, 6.45) is 9.41. The van der Waals surface area contributed by atoms with Crippen LogP contribution in [0.1, 0.15) is 25.7 Å². The van der Waals surface area contributed by atoms with Crippen molar-refractivity contribution < 1.29 is 5.11 Å². The molecule has 3 aliphatic rings. The summed E-state index contributed by atoms with van der Waals surface area (Å²) in [6.45, 7) is 4.97. The monoisotopic (exact) mass is 234 g/mol. The van der Waals surface area contributed by atoms with Gasteiger partial charge in [0.05, 0.1) is 6.61 Å². The maximum Gasteiger partial charge on any atom is 0.0679 e. The van der Waals surface area contributed by atoms with Gasteiger partial charge in [-0.2, -0.15) is 0 Å². The van der Waals surface area contributed by atoms with Crippen molar-refractivity contribution >= 4 is 0 Å². The van der Waals surface area contributed by atoms with Crippen LogP contribution in [0, 0.1) is 0 Å². The number of nitrogens with zero attached hydrogens (tertiary/aromatic N) is 2. The van der Waals surface area contributed by atoms with Gasteiger partial charge in [-0.25, -0.2) is 0 Å². The number of rotatable bonds is 3. The molecule has 17 heavy (non-hydrogen) atoms. The fraction of sp³-hybridized carbons (Fsp3) is 0.714. The van der Waals surface area contributed by atoms with Crippen LogP contribution in [0.4, 0.5) is 0 Å². The molecular formula is C14H22N2O. The molecule has 0 radical (unpaired) electrons. The SMILES string of the molecule is OCC1=CCCC(N2CCN(C3CC3)CC2)=C1. The fourth-order valence-corrected chi connectivity index (χ4v) is 2.92. The standard InChI is InChI=1S/C14H22N2O/c17-11-12-2-1-3-14(10-12)16-8-6-15(7-9-16)13-4-5-13/h2,10,13,17H,1,3-9,11H2. The van der Waals surface area contributed by atoms with Crippen molar-refractivity contribution in [3.63, 3.8) is 0 Å². The average molecular weight is 234 g/mol. The van der Waals surface area contributed by atoms with Crippen molar-refractivity contribution in [3.8, 4) is 0 Å². The Morgan fingerprint density at radius 3 is 2.59 bits per heavy atom. The normalized spacial score (nSPS) is 26.8. The molecule has 3 heteroatoms. The molecule has 3 nitrogen and oxygen atoms in total. The Morgan fingerprint density at radius 1 is 1.18 bits per heavy atom. The lowest BCUT2D eigenvalue weighted by molar-refractivity contribution is 0.149. The van der Waals surface area contributed by atoms with Crippen LogP contribution in [0.5, 0.6) is 0 Å². The van der Waals surface area contributed by atoms with E-state index in [0.717, 1.165) is 24.5 Å². The van der Waals surface area contributed by atoms with E-state index in [1.165, 1.54) is 44.7 Å². The van der Waals surface area contributed by atoms with Crippen LogP contribution in [-0.2, 0) is 0 Å². The Morgan fingerprint density at radius 2 is 1.94 bits per heavy atom. The van der Waals surface area contributed by atoms with E-state index in [1.807, 2.05) is 0 Å². The number of hydrogen-bond donors (Lipinski definition) is 1. The van der Waals surface area contributed by atoms with Gasteiger partial charge in [0, 0.05) is 37.9 Å². The molecule has 2 fully saturated rings. The first-order chi connectivity index (χ1) is 8.36. The molecule has 0 atom stereocenters. The van der Waals surface area contributed by atoms with Crippen LogP contribution in [-0.4, -0.2) is 53.7 Å². The molecule has 3 rings (SSSR count). The van der Waals surface area contributed by atoms with E-state index in [-0.39, 0.29) is 6.61 Å². The molecule has 1 heterocycles. The second-order valence-electron chi connectivity index (χ2n) is 5.37. The summed E-state index contributed by atoms with van der Waals surface area (Å²) in [5.74, 6) is 0. The molecule has 0 bridgehead atoms. The van der Waals surface area contributed by atoms with Crippen molar-refractivity contribution in [1.82, 2.24) is 9.80 Å². The van der Waals surface area contributed by atoms with Crippen molar-refractivity contribution in [2.24, 2.45) is 0 Å². The minimum Gasteiger partial charge on any atom is -0.392 e. The van der Waals surface area contributed by atoms with E-state index in [2.05, 4.69) is 22.0 Å². The molecule has 1 aliphatic heterocycles. The third kappa shape index (κ3) is 2.55. The summed E-state index contributed by atoms with van der Waals surface area (Å²) in [4.78, 5) is 5.16. The second-order valence-corrected chi connectivity index (χ2v) is 5.37. The molecule has 0 amide bonds. The van der Waals surface area contributed by atoms with Gasteiger partial charge < -0.3 is 10.0 Å². The summed E-state index contributed by atoms with van der Waals surface area (Å²) in [5.41, 5.74) is 2.53. The summed E-state index contributed by atoms with van der Waals surface area (Å²) >= 11 is 0. The fourth-order valence-electron chi connectivity index (χ4n) is 2.92. The zero-order valence-electron chi connectivity index (χ0n) is 10.4. The van der Waals surface area contributed by atoms with Crippen molar-refractivity contribution in [2.75, 3.05) is 32.8 Å². The van der Waals surface area contributed by atoms with Crippen LogP contribution >= 0.6 is 0 Å². The first-order valence-electron chi connectivity index (χ1n) is 6.86. The highest BCUT2D eigenvalue weighted by atomic mass is 16.3. The highest BCUT2D eigenvalue weighted by molar-refractivity contribution is 5.27. The Labute approximate surface area is 103 Å². The van der Waals surface area contributed by atoms with Gasteiger partial charge in [-0.3, -0.25) is 4.90 Å². The van der Waals surface area contributed by atoms with Gasteiger partial charge >= 0.3 is 0 Å². The zero-order chi connectivity index (χ0) is 11.7. The van der Waals surface area contributed by atoms with E-state index in [0.29, 0.717) is 0 Å². The molecule has 0 aromatic carbocycles. The Balaban J connectivity index is 1.58. The topological polar surface area (TPSA) is 26.7 Å². The van der Waals surface area contributed by atoms with Gasteiger partial charge in [0.15, 0.2) is 0 Å². The molecule has 1 N–H and O–H groups in total. The summed E-state index contributed by atoms with van der Waals surface area (Å²) in [5, 5.41) is 9.19. The minimum absolute atomic E-state index is 0.186. The first kappa shape index (κ1) is 11.3. The molecule has 94 valence electrons. The molecule has 1 saturated carbocycles. The van der Waals surface area contributed by atoms with Gasteiger partial charge in [0.2, 0.25) is 0 Å². The lowest BCUT2D eigenvalue weighted by Gasteiger charge is -2.38. The largest absolute Gasteiger partial charge is 0.392 e. The molecule has 2 aliphatic carbocycles. The Hall–Kier alpha value is -0.800. The Kier molecular flexibility index (Phi) is 3.21. The molecule has 1 saturated heterocycles. The summed E-state index contributed by atoms with van der Waals surface area (Å²) < 4.78 is 0. The van der Waals surface area contributed by atoms with Crippen molar-refractivity contribution in [3.05, 3.63) is 23.4 Å².